The van der Waals surface area contributed by atoms with Gasteiger partial charge in [0.1, 0.15) is 5.82 Å². The lowest BCUT2D eigenvalue weighted by atomic mass is 10.00. The fraction of sp³-hybridized carbons (Fsp3) is 0.333. The highest BCUT2D eigenvalue weighted by Gasteiger charge is 2.13. The monoisotopic (exact) mass is 203 g/mol. The van der Waals surface area contributed by atoms with Gasteiger partial charge in [0.25, 0.3) is 0 Å². The lowest BCUT2D eigenvalue weighted by Crippen LogP contribution is -2.17. The minimum atomic E-state index is -0.419. The first-order valence-electron chi connectivity index (χ1n) is 3.95. The first-order valence-corrected chi connectivity index (χ1v) is 4.32. The molecule has 0 bridgehead atoms. The van der Waals surface area contributed by atoms with E-state index in [1.54, 1.807) is 12.1 Å². The van der Waals surface area contributed by atoms with Crippen molar-refractivity contribution >= 4 is 11.6 Å². The molecule has 4 heteroatoms. The highest BCUT2D eigenvalue weighted by atomic mass is 35.5. The van der Waals surface area contributed by atoms with E-state index in [4.69, 9.17) is 22.4 Å². The number of halogens is 2. The summed E-state index contributed by atoms with van der Waals surface area (Å²) in [6.45, 7) is 0.0596. The first kappa shape index (κ1) is 10.4. The van der Waals surface area contributed by atoms with Crippen molar-refractivity contribution in [2.24, 2.45) is 5.73 Å². The van der Waals surface area contributed by atoms with Crippen LogP contribution in [0.1, 0.15) is 11.5 Å². The molecular weight excluding hydrogens is 193 g/mol. The number of aliphatic hydroxyl groups is 1. The standard InChI is InChI=1S/C9H11ClFNO/c10-7-1-2-8(9(11)3-7)6(4-12)5-13/h1-3,6,13H,4-5,12H2. The van der Waals surface area contributed by atoms with Crippen molar-refractivity contribution in [3.63, 3.8) is 0 Å². The van der Waals surface area contributed by atoms with E-state index in [2.05, 4.69) is 0 Å². The van der Waals surface area contributed by atoms with Gasteiger partial charge in [0.2, 0.25) is 0 Å². The van der Waals surface area contributed by atoms with Crippen molar-refractivity contribution in [1.29, 1.82) is 0 Å². The number of benzene rings is 1. The number of aliphatic hydroxyl groups excluding tert-OH is 1. The zero-order valence-corrected chi connectivity index (χ0v) is 7.76. The fourth-order valence-corrected chi connectivity index (χ4v) is 1.29. The van der Waals surface area contributed by atoms with Crippen molar-refractivity contribution < 1.29 is 9.50 Å². The molecule has 0 spiro atoms. The average molecular weight is 204 g/mol. The zero-order valence-electron chi connectivity index (χ0n) is 7.00. The second kappa shape index (κ2) is 4.56. The van der Waals surface area contributed by atoms with Crippen LogP contribution in [0, 0.1) is 5.82 Å². The molecule has 0 radical (unpaired) electrons. The zero-order chi connectivity index (χ0) is 9.84. The Bertz CT molecular complexity index is 289. The Morgan fingerprint density at radius 2 is 2.23 bits per heavy atom. The van der Waals surface area contributed by atoms with Gasteiger partial charge in [-0.3, -0.25) is 0 Å². The van der Waals surface area contributed by atoms with Crippen LogP contribution >= 0.6 is 11.6 Å². The summed E-state index contributed by atoms with van der Waals surface area (Å²) in [5.41, 5.74) is 5.77. The van der Waals surface area contributed by atoms with E-state index in [0.29, 0.717) is 10.6 Å². The molecule has 0 fully saturated rings. The van der Waals surface area contributed by atoms with Crippen molar-refractivity contribution in [2.45, 2.75) is 5.92 Å². The SMILES string of the molecule is NCC(CO)c1ccc(Cl)cc1F. The van der Waals surface area contributed by atoms with Gasteiger partial charge in [-0.15, -0.1) is 0 Å². The summed E-state index contributed by atoms with van der Waals surface area (Å²) < 4.78 is 13.2. The average Bonchev–Trinajstić information content (AvgIpc) is 2.10. The normalized spacial score (nSPS) is 12.9. The Labute approximate surface area is 81.1 Å². The van der Waals surface area contributed by atoms with Gasteiger partial charge in [-0.25, -0.2) is 4.39 Å². The number of hydrogen-bond acceptors (Lipinski definition) is 2. The maximum atomic E-state index is 13.2. The summed E-state index contributed by atoms with van der Waals surface area (Å²) in [7, 11) is 0. The van der Waals surface area contributed by atoms with E-state index in [0.717, 1.165) is 0 Å². The van der Waals surface area contributed by atoms with Crippen LogP contribution in [0.5, 0.6) is 0 Å². The second-order valence-electron chi connectivity index (χ2n) is 2.78. The molecule has 0 aliphatic heterocycles. The van der Waals surface area contributed by atoms with Gasteiger partial charge in [0.05, 0.1) is 6.61 Å². The van der Waals surface area contributed by atoms with Crippen LogP contribution in [0.4, 0.5) is 4.39 Å². The molecule has 0 aliphatic rings. The number of rotatable bonds is 3. The molecule has 0 saturated carbocycles. The van der Waals surface area contributed by atoms with Crippen LogP contribution in [-0.4, -0.2) is 18.3 Å². The van der Waals surface area contributed by atoms with Crippen LogP contribution < -0.4 is 5.73 Å². The number of nitrogens with two attached hydrogens (primary N) is 1. The summed E-state index contributed by atoms with van der Waals surface area (Å²) in [6, 6.07) is 4.35. The van der Waals surface area contributed by atoms with E-state index < -0.39 is 5.82 Å². The molecule has 2 nitrogen and oxygen atoms in total. The maximum Gasteiger partial charge on any atom is 0.128 e. The van der Waals surface area contributed by atoms with Crippen LogP contribution in [0.3, 0.4) is 0 Å². The molecule has 0 amide bonds. The largest absolute Gasteiger partial charge is 0.396 e. The van der Waals surface area contributed by atoms with Crippen molar-refractivity contribution in [3.8, 4) is 0 Å². The third-order valence-electron chi connectivity index (χ3n) is 1.91. The molecule has 0 heterocycles. The van der Waals surface area contributed by atoms with Crippen molar-refractivity contribution in [1.82, 2.24) is 0 Å². The lowest BCUT2D eigenvalue weighted by Gasteiger charge is -2.12. The molecule has 1 rings (SSSR count). The van der Waals surface area contributed by atoms with Crippen molar-refractivity contribution in [2.75, 3.05) is 13.2 Å². The Balaban J connectivity index is 2.99. The van der Waals surface area contributed by atoms with Crippen molar-refractivity contribution in [3.05, 3.63) is 34.6 Å². The first-order chi connectivity index (χ1) is 6.19. The summed E-state index contributed by atoms with van der Waals surface area (Å²) in [5, 5.41) is 9.24. The highest BCUT2D eigenvalue weighted by Crippen LogP contribution is 2.21. The Morgan fingerprint density at radius 3 is 2.69 bits per heavy atom. The molecule has 0 saturated heterocycles. The third kappa shape index (κ3) is 2.40. The van der Waals surface area contributed by atoms with Crippen LogP contribution in [0.15, 0.2) is 18.2 Å². The molecule has 3 N–H and O–H groups in total. The maximum absolute atomic E-state index is 13.2. The van der Waals surface area contributed by atoms with Gasteiger partial charge in [-0.2, -0.15) is 0 Å². The molecule has 72 valence electrons. The second-order valence-corrected chi connectivity index (χ2v) is 3.22. The minimum absolute atomic E-state index is 0.158. The highest BCUT2D eigenvalue weighted by molar-refractivity contribution is 6.30. The van der Waals surface area contributed by atoms with Gasteiger partial charge in [0.15, 0.2) is 0 Å². The van der Waals surface area contributed by atoms with Crippen LogP contribution in [0.2, 0.25) is 5.02 Å². The van der Waals surface area contributed by atoms with E-state index in [-0.39, 0.29) is 19.1 Å². The van der Waals surface area contributed by atoms with E-state index in [1.165, 1.54) is 6.07 Å². The molecule has 13 heavy (non-hydrogen) atoms. The third-order valence-corrected chi connectivity index (χ3v) is 2.14. The Hall–Kier alpha value is -0.640. The Morgan fingerprint density at radius 1 is 1.54 bits per heavy atom. The summed E-state index contributed by atoms with van der Waals surface area (Å²) in [5.74, 6) is -0.769. The number of hydrogen-bond donors (Lipinski definition) is 2. The smallest absolute Gasteiger partial charge is 0.128 e. The molecular formula is C9H11ClFNO. The predicted molar refractivity (Wildman–Crippen MR) is 50.3 cm³/mol. The molecule has 0 aliphatic carbocycles. The minimum Gasteiger partial charge on any atom is -0.396 e. The lowest BCUT2D eigenvalue weighted by molar-refractivity contribution is 0.265. The van der Waals surface area contributed by atoms with E-state index in [9.17, 15) is 4.39 Å². The summed E-state index contributed by atoms with van der Waals surface area (Å²) >= 11 is 5.57. The Kier molecular flexibility index (Phi) is 3.66. The molecule has 1 unspecified atom stereocenters. The van der Waals surface area contributed by atoms with Gasteiger partial charge in [-0.05, 0) is 17.7 Å². The van der Waals surface area contributed by atoms with Gasteiger partial charge >= 0.3 is 0 Å². The van der Waals surface area contributed by atoms with Gasteiger partial charge in [0, 0.05) is 17.5 Å². The predicted octanol–water partition coefficient (Wildman–Crippen LogP) is 1.51. The quantitative estimate of drug-likeness (QED) is 0.783. The fourth-order valence-electron chi connectivity index (χ4n) is 1.13. The van der Waals surface area contributed by atoms with Gasteiger partial charge in [-0.1, -0.05) is 17.7 Å². The summed E-state index contributed by atoms with van der Waals surface area (Å²) in [6.07, 6.45) is 0. The summed E-state index contributed by atoms with van der Waals surface area (Å²) in [4.78, 5) is 0. The van der Waals surface area contributed by atoms with E-state index >= 15 is 0 Å². The molecule has 0 aromatic heterocycles. The molecule has 1 aromatic carbocycles. The van der Waals surface area contributed by atoms with Crippen LogP contribution in [-0.2, 0) is 0 Å². The molecule has 1 atom stereocenters. The topological polar surface area (TPSA) is 46.2 Å². The molecule has 1 aromatic rings. The van der Waals surface area contributed by atoms with Crippen LogP contribution in [0.25, 0.3) is 0 Å². The van der Waals surface area contributed by atoms with Gasteiger partial charge < -0.3 is 10.8 Å². The van der Waals surface area contributed by atoms with E-state index in [1.807, 2.05) is 0 Å².